The van der Waals surface area contributed by atoms with Crippen LogP contribution in [-0.2, 0) is 56.0 Å². The van der Waals surface area contributed by atoms with Crippen LogP contribution in [0.4, 0.5) is 11.4 Å². The van der Waals surface area contributed by atoms with Gasteiger partial charge < -0.3 is 43.2 Å². The first kappa shape index (κ1) is 51.1. The minimum absolute atomic E-state index is 0.0407. The lowest BCUT2D eigenvalue weighted by Gasteiger charge is -2.41. The standard InChI is InChI=1S/C60H68N8O7/c1-40-52(60(72)68(47-14-16-50(69)17-15-47)55-33-48(36-61)62(3)41(55)2)35-56(63(40)4)53-30-43-19-22-66(58(70)32-44-13-18-51(34-57(44)73-5)75-28-25-64-23-26-74-27-24-64)37-46(43)31-54(53)59(71)67-38-45-12-8-7-11-42(45)29-49(67)39-65-20-9-6-10-21-65/h7-8,11-18,30-31,33-35,49,69H,6,9-10,19-29,32,37-39H2,1-5H3/t49-/m0/s1. The second kappa shape index (κ2) is 22.2. The number of anilines is 2. The van der Waals surface area contributed by atoms with E-state index in [0.29, 0.717) is 83.7 Å². The van der Waals surface area contributed by atoms with Gasteiger partial charge in [-0.2, -0.15) is 5.26 Å². The molecule has 6 aromatic rings. The molecule has 0 bridgehead atoms. The molecule has 4 aliphatic heterocycles. The van der Waals surface area contributed by atoms with Gasteiger partial charge in [0.1, 0.15) is 35.6 Å². The number of hydrogen-bond donors (Lipinski definition) is 1. The van der Waals surface area contributed by atoms with Crippen LogP contribution in [0.3, 0.4) is 0 Å². The molecule has 1 atom stereocenters. The van der Waals surface area contributed by atoms with Crippen molar-refractivity contribution in [1.29, 1.82) is 5.26 Å². The Labute approximate surface area is 440 Å². The molecule has 0 saturated carbocycles. The van der Waals surface area contributed by atoms with Gasteiger partial charge in [0.15, 0.2) is 0 Å². The van der Waals surface area contributed by atoms with Gasteiger partial charge in [-0.05, 0) is 129 Å². The monoisotopic (exact) mass is 1010 g/mol. The highest BCUT2D eigenvalue weighted by molar-refractivity contribution is 6.13. The maximum absolute atomic E-state index is 15.8. The molecule has 4 aliphatic rings. The van der Waals surface area contributed by atoms with E-state index in [4.69, 9.17) is 14.2 Å². The van der Waals surface area contributed by atoms with E-state index >= 15 is 9.59 Å². The van der Waals surface area contributed by atoms with Crippen LogP contribution in [0.25, 0.3) is 11.3 Å². The topological polar surface area (TPSA) is 149 Å². The zero-order valence-corrected chi connectivity index (χ0v) is 43.9. The maximum Gasteiger partial charge on any atom is 0.264 e. The number of piperidine rings is 1. The third-order valence-electron chi connectivity index (χ3n) is 16.1. The summed E-state index contributed by atoms with van der Waals surface area (Å²) in [7, 11) is 5.34. The van der Waals surface area contributed by atoms with Crippen molar-refractivity contribution >= 4 is 29.1 Å². The van der Waals surface area contributed by atoms with Gasteiger partial charge in [0.25, 0.3) is 11.8 Å². The third-order valence-corrected chi connectivity index (χ3v) is 16.1. The van der Waals surface area contributed by atoms with Crippen LogP contribution in [0, 0.1) is 25.2 Å². The van der Waals surface area contributed by atoms with Gasteiger partial charge in [-0.3, -0.25) is 24.2 Å². The van der Waals surface area contributed by atoms with Crippen molar-refractivity contribution in [2.75, 3.05) is 77.6 Å². The number of rotatable bonds is 14. The number of carbonyl (C=O) groups is 3. The summed E-state index contributed by atoms with van der Waals surface area (Å²) in [6, 6.07) is 30.5. The average Bonchev–Trinajstić information content (AvgIpc) is 3.90. The third kappa shape index (κ3) is 10.6. The Kier molecular flexibility index (Phi) is 15.1. The molecule has 3 amide bonds. The van der Waals surface area contributed by atoms with Gasteiger partial charge in [-0.1, -0.05) is 36.8 Å². The number of phenolic OH excluding ortho intramolecular Hbond substituents is 1. The number of likely N-dealkylation sites (tertiary alicyclic amines) is 1. The predicted molar refractivity (Wildman–Crippen MR) is 288 cm³/mol. The van der Waals surface area contributed by atoms with E-state index in [-0.39, 0.29) is 35.9 Å². The normalized spacial score (nSPS) is 17.0. The number of nitriles is 1. The minimum Gasteiger partial charge on any atom is -0.508 e. The average molecular weight is 1010 g/mol. The van der Waals surface area contributed by atoms with Gasteiger partial charge in [-0.25, -0.2) is 0 Å². The lowest BCUT2D eigenvalue weighted by atomic mass is 9.89. The predicted octanol–water partition coefficient (Wildman–Crippen LogP) is 8.10. The van der Waals surface area contributed by atoms with E-state index in [0.717, 1.165) is 105 Å². The minimum atomic E-state index is -0.324. The number of amides is 3. The van der Waals surface area contributed by atoms with Crippen LogP contribution < -0.4 is 14.4 Å². The van der Waals surface area contributed by atoms with Crippen molar-refractivity contribution in [2.24, 2.45) is 14.1 Å². The molecule has 15 nitrogen and oxygen atoms in total. The Hall–Kier alpha value is -7.38. The van der Waals surface area contributed by atoms with Crippen LogP contribution in [0.1, 0.15) is 84.9 Å². The molecule has 0 radical (unpaired) electrons. The second-order valence-corrected chi connectivity index (χ2v) is 20.5. The molecular formula is C60H68N8O7. The Morgan fingerprint density at radius 3 is 2.28 bits per heavy atom. The number of fused-ring (bicyclic) bond motifs is 2. The zero-order valence-electron chi connectivity index (χ0n) is 43.9. The molecule has 0 aliphatic carbocycles. The van der Waals surface area contributed by atoms with Crippen LogP contribution in [0.2, 0.25) is 0 Å². The molecule has 15 heteroatoms. The van der Waals surface area contributed by atoms with Crippen molar-refractivity contribution in [1.82, 2.24) is 28.7 Å². The first-order valence-corrected chi connectivity index (χ1v) is 26.4. The van der Waals surface area contributed by atoms with Crippen LogP contribution in [0.5, 0.6) is 17.2 Å². The summed E-state index contributed by atoms with van der Waals surface area (Å²) < 4.78 is 21.1. The van der Waals surface area contributed by atoms with Gasteiger partial charge in [-0.15, -0.1) is 0 Å². The van der Waals surface area contributed by atoms with Crippen molar-refractivity contribution < 1.29 is 33.7 Å². The van der Waals surface area contributed by atoms with E-state index < -0.39 is 0 Å². The molecule has 0 unspecified atom stereocenters. The van der Waals surface area contributed by atoms with Gasteiger partial charge >= 0.3 is 0 Å². The molecule has 2 aromatic heterocycles. The number of nitrogens with zero attached hydrogens (tertiary/aromatic N) is 8. The Balaban J connectivity index is 0.997. The highest BCUT2D eigenvalue weighted by Gasteiger charge is 2.36. The Morgan fingerprint density at radius 1 is 0.787 bits per heavy atom. The van der Waals surface area contributed by atoms with Crippen LogP contribution >= 0.6 is 0 Å². The van der Waals surface area contributed by atoms with Crippen LogP contribution in [-0.4, -0.2) is 130 Å². The summed E-state index contributed by atoms with van der Waals surface area (Å²) in [5.74, 6) is 0.886. The van der Waals surface area contributed by atoms with Crippen molar-refractivity contribution in [2.45, 2.75) is 71.5 Å². The quantitative estimate of drug-likeness (QED) is 0.114. The fourth-order valence-corrected chi connectivity index (χ4v) is 11.4. The first-order valence-electron chi connectivity index (χ1n) is 26.4. The molecule has 2 saturated heterocycles. The number of aromatic nitrogens is 2. The van der Waals surface area contributed by atoms with E-state index in [1.807, 2.05) is 66.8 Å². The van der Waals surface area contributed by atoms with E-state index in [1.54, 1.807) is 54.0 Å². The van der Waals surface area contributed by atoms with Gasteiger partial charge in [0.05, 0.1) is 38.0 Å². The molecule has 10 rings (SSSR count). The maximum atomic E-state index is 15.8. The van der Waals surface area contributed by atoms with Gasteiger partial charge in [0, 0.05) is 111 Å². The molecule has 6 heterocycles. The smallest absolute Gasteiger partial charge is 0.264 e. The summed E-state index contributed by atoms with van der Waals surface area (Å²) >= 11 is 0. The number of carbonyl (C=O) groups excluding carboxylic acids is 3. The fourth-order valence-electron chi connectivity index (χ4n) is 11.4. The van der Waals surface area contributed by atoms with E-state index in [1.165, 1.54) is 12.0 Å². The summed E-state index contributed by atoms with van der Waals surface area (Å²) in [5.41, 5.74) is 10.4. The van der Waals surface area contributed by atoms with E-state index in [9.17, 15) is 15.2 Å². The second-order valence-electron chi connectivity index (χ2n) is 20.5. The first-order chi connectivity index (χ1) is 36.4. The number of ether oxygens (including phenoxy) is 3. The lowest BCUT2D eigenvalue weighted by molar-refractivity contribution is -0.131. The fraction of sp³-hybridized carbons (Fsp3) is 0.400. The van der Waals surface area contributed by atoms with Crippen molar-refractivity contribution in [3.8, 4) is 34.6 Å². The zero-order chi connectivity index (χ0) is 52.3. The van der Waals surface area contributed by atoms with Crippen molar-refractivity contribution in [3.63, 3.8) is 0 Å². The summed E-state index contributed by atoms with van der Waals surface area (Å²) in [5, 5.41) is 20.3. The summed E-state index contributed by atoms with van der Waals surface area (Å²) in [6.45, 7) is 12.4. The number of phenols is 1. The number of benzene rings is 4. The number of hydrogen-bond acceptors (Lipinski definition) is 10. The number of methoxy groups -OCH3 is 1. The largest absolute Gasteiger partial charge is 0.508 e. The Morgan fingerprint density at radius 2 is 1.55 bits per heavy atom. The molecule has 0 spiro atoms. The Bertz CT molecular complexity index is 3140. The highest BCUT2D eigenvalue weighted by Crippen LogP contribution is 2.39. The summed E-state index contributed by atoms with van der Waals surface area (Å²) in [4.78, 5) is 55.8. The summed E-state index contributed by atoms with van der Waals surface area (Å²) in [6.07, 6.45) is 4.96. The van der Waals surface area contributed by atoms with Crippen molar-refractivity contribution in [3.05, 3.63) is 147 Å². The molecule has 1 N–H and O–H groups in total. The van der Waals surface area contributed by atoms with E-state index in [2.05, 4.69) is 45.0 Å². The molecule has 390 valence electrons. The SMILES string of the molecule is COc1cc(OCCN2CCOCC2)ccc1CC(=O)N1CCc2cc(-c3cc(C(=O)N(c4ccc(O)cc4)c4cc(C#N)n(C)c4C)c(C)n3C)c(C(=O)N3Cc4ccccc4C[C@H]3CN3CCCCC3)cc2C1. The number of morpholine rings is 1. The molecular weight excluding hydrogens is 945 g/mol. The molecule has 75 heavy (non-hydrogen) atoms. The van der Waals surface area contributed by atoms with Gasteiger partial charge in [0.2, 0.25) is 5.91 Å². The molecule has 4 aromatic carbocycles. The number of aromatic hydroxyl groups is 1. The highest BCUT2D eigenvalue weighted by atomic mass is 16.5. The van der Waals surface area contributed by atoms with Crippen LogP contribution in [0.15, 0.2) is 91.0 Å². The molecule has 2 fully saturated rings. The lowest BCUT2D eigenvalue weighted by Crippen LogP contribution is -2.51.